The quantitative estimate of drug-likeness (QED) is 0.349. The van der Waals surface area contributed by atoms with Gasteiger partial charge in [-0.2, -0.15) is 0 Å². The summed E-state index contributed by atoms with van der Waals surface area (Å²) in [5.74, 6) is 1.19. The summed E-state index contributed by atoms with van der Waals surface area (Å²) < 4.78 is 12.2. The standard InChI is InChI=1S/C23H19BrO3/c1-26-22-15-18(12-13-21(25)19-10-6-3-7-11-19)14-20(24)23(22)27-16-17-8-4-2-5-9-17/h2-15H,16H2,1H3. The number of methoxy groups -OCH3 is 1. The van der Waals surface area contributed by atoms with E-state index in [2.05, 4.69) is 15.9 Å². The molecule has 0 aromatic heterocycles. The fraction of sp³-hybridized carbons (Fsp3) is 0.0870. The summed E-state index contributed by atoms with van der Waals surface area (Å²) in [5.41, 5.74) is 2.57. The normalized spacial score (nSPS) is 10.7. The van der Waals surface area contributed by atoms with E-state index < -0.39 is 0 Å². The van der Waals surface area contributed by atoms with Crippen LogP contribution in [0.1, 0.15) is 21.5 Å². The van der Waals surface area contributed by atoms with Gasteiger partial charge in [0.2, 0.25) is 0 Å². The summed E-state index contributed by atoms with van der Waals surface area (Å²) in [4.78, 5) is 12.2. The van der Waals surface area contributed by atoms with Crippen molar-refractivity contribution in [2.24, 2.45) is 0 Å². The Morgan fingerprint density at radius 3 is 2.33 bits per heavy atom. The number of hydrogen-bond donors (Lipinski definition) is 0. The smallest absolute Gasteiger partial charge is 0.185 e. The maximum atomic E-state index is 12.2. The largest absolute Gasteiger partial charge is 0.493 e. The molecule has 0 saturated heterocycles. The zero-order valence-electron chi connectivity index (χ0n) is 14.9. The van der Waals surface area contributed by atoms with Crippen LogP contribution in [0.3, 0.4) is 0 Å². The van der Waals surface area contributed by atoms with Crippen LogP contribution in [-0.4, -0.2) is 12.9 Å². The maximum absolute atomic E-state index is 12.2. The average Bonchev–Trinajstić information content (AvgIpc) is 2.72. The molecule has 0 aliphatic heterocycles. The highest BCUT2D eigenvalue weighted by Gasteiger charge is 2.11. The van der Waals surface area contributed by atoms with Gasteiger partial charge in [-0.15, -0.1) is 0 Å². The van der Waals surface area contributed by atoms with Gasteiger partial charge in [0, 0.05) is 5.56 Å². The van der Waals surface area contributed by atoms with Crippen LogP contribution in [-0.2, 0) is 6.61 Å². The Morgan fingerprint density at radius 2 is 1.67 bits per heavy atom. The first kappa shape index (κ1) is 18.9. The monoisotopic (exact) mass is 422 g/mol. The Kier molecular flexibility index (Phi) is 6.44. The molecule has 3 aromatic rings. The number of benzene rings is 3. The van der Waals surface area contributed by atoms with E-state index in [1.165, 1.54) is 0 Å². The summed E-state index contributed by atoms with van der Waals surface area (Å²) in [6.45, 7) is 0.442. The number of ketones is 1. The third-order valence-electron chi connectivity index (χ3n) is 3.96. The second-order valence-electron chi connectivity index (χ2n) is 5.87. The van der Waals surface area contributed by atoms with E-state index >= 15 is 0 Å². The predicted octanol–water partition coefficient (Wildman–Crippen LogP) is 5.93. The van der Waals surface area contributed by atoms with Gasteiger partial charge in [-0.3, -0.25) is 4.79 Å². The number of carbonyl (C=O) groups excluding carboxylic acids is 1. The van der Waals surface area contributed by atoms with Gasteiger partial charge in [-0.1, -0.05) is 66.7 Å². The summed E-state index contributed by atoms with van der Waals surface area (Å²) in [7, 11) is 1.60. The van der Waals surface area contributed by atoms with Crippen LogP contribution in [0.5, 0.6) is 11.5 Å². The van der Waals surface area contributed by atoms with Crippen molar-refractivity contribution in [3.05, 3.63) is 100 Å². The van der Waals surface area contributed by atoms with Crippen LogP contribution < -0.4 is 9.47 Å². The van der Waals surface area contributed by atoms with Crippen LogP contribution in [0.25, 0.3) is 6.08 Å². The molecule has 0 atom stereocenters. The molecule has 0 aliphatic carbocycles. The van der Waals surface area contributed by atoms with Gasteiger partial charge >= 0.3 is 0 Å². The van der Waals surface area contributed by atoms with Gasteiger partial charge in [-0.25, -0.2) is 0 Å². The highest BCUT2D eigenvalue weighted by molar-refractivity contribution is 9.10. The molecule has 136 valence electrons. The molecule has 4 heteroatoms. The summed E-state index contributed by atoms with van der Waals surface area (Å²) in [6.07, 6.45) is 3.32. The van der Waals surface area contributed by atoms with E-state index in [-0.39, 0.29) is 5.78 Å². The van der Waals surface area contributed by atoms with Gasteiger partial charge in [0.25, 0.3) is 0 Å². The van der Waals surface area contributed by atoms with Crippen molar-refractivity contribution in [3.63, 3.8) is 0 Å². The van der Waals surface area contributed by atoms with Gasteiger partial charge < -0.3 is 9.47 Å². The van der Waals surface area contributed by atoms with Crippen molar-refractivity contribution in [1.82, 2.24) is 0 Å². The van der Waals surface area contributed by atoms with Gasteiger partial charge in [0.1, 0.15) is 6.61 Å². The van der Waals surface area contributed by atoms with E-state index in [0.717, 1.165) is 15.6 Å². The second-order valence-corrected chi connectivity index (χ2v) is 6.73. The van der Waals surface area contributed by atoms with E-state index in [9.17, 15) is 4.79 Å². The molecule has 0 saturated carbocycles. The molecule has 3 nitrogen and oxygen atoms in total. The molecule has 0 fully saturated rings. The van der Waals surface area contributed by atoms with Gasteiger partial charge in [0.15, 0.2) is 17.3 Å². The Bertz CT molecular complexity index is 935. The summed E-state index contributed by atoms with van der Waals surface area (Å²) >= 11 is 3.54. The lowest BCUT2D eigenvalue weighted by molar-refractivity contribution is 0.104. The lowest BCUT2D eigenvalue weighted by Gasteiger charge is -2.13. The number of ether oxygens (including phenoxy) is 2. The zero-order chi connectivity index (χ0) is 19.1. The van der Waals surface area contributed by atoms with Crippen LogP contribution >= 0.6 is 15.9 Å². The molecule has 3 rings (SSSR count). The van der Waals surface area contributed by atoms with Crippen molar-refractivity contribution in [2.45, 2.75) is 6.61 Å². The third-order valence-corrected chi connectivity index (χ3v) is 4.55. The maximum Gasteiger partial charge on any atom is 0.185 e. The molecule has 3 aromatic carbocycles. The van der Waals surface area contributed by atoms with Crippen molar-refractivity contribution in [1.29, 1.82) is 0 Å². The first-order chi connectivity index (χ1) is 13.2. The Morgan fingerprint density at radius 1 is 1.00 bits per heavy atom. The molecule has 0 bridgehead atoms. The number of carbonyl (C=O) groups is 1. The van der Waals surface area contributed by atoms with Gasteiger partial charge in [0.05, 0.1) is 11.6 Å². The van der Waals surface area contributed by atoms with Crippen LogP contribution in [0, 0.1) is 0 Å². The Balaban J connectivity index is 1.77. The molecule has 0 N–H and O–H groups in total. The fourth-order valence-electron chi connectivity index (χ4n) is 2.58. The lowest BCUT2D eigenvalue weighted by atomic mass is 10.1. The lowest BCUT2D eigenvalue weighted by Crippen LogP contribution is -1.99. The van der Waals surface area contributed by atoms with Crippen LogP contribution in [0.2, 0.25) is 0 Å². The predicted molar refractivity (Wildman–Crippen MR) is 111 cm³/mol. The molecule has 0 spiro atoms. The van der Waals surface area contributed by atoms with E-state index in [4.69, 9.17) is 9.47 Å². The molecule has 0 aliphatic rings. The topological polar surface area (TPSA) is 35.5 Å². The Labute approximate surface area is 167 Å². The van der Waals surface area contributed by atoms with Crippen molar-refractivity contribution in [2.75, 3.05) is 7.11 Å². The third kappa shape index (κ3) is 5.08. The molecule has 0 radical (unpaired) electrons. The van der Waals surface area contributed by atoms with Crippen molar-refractivity contribution in [3.8, 4) is 11.5 Å². The van der Waals surface area contributed by atoms with Crippen LogP contribution in [0.15, 0.2) is 83.3 Å². The number of hydrogen-bond acceptors (Lipinski definition) is 3. The van der Waals surface area contributed by atoms with Crippen molar-refractivity contribution < 1.29 is 14.3 Å². The van der Waals surface area contributed by atoms with E-state index in [1.807, 2.05) is 60.7 Å². The molecule has 0 unspecified atom stereocenters. The minimum absolute atomic E-state index is 0.0462. The SMILES string of the molecule is COc1cc(C=CC(=O)c2ccccc2)cc(Br)c1OCc1ccccc1. The Hall–Kier alpha value is -2.85. The number of allylic oxidation sites excluding steroid dienone is 1. The minimum atomic E-state index is -0.0462. The first-order valence-electron chi connectivity index (χ1n) is 8.49. The molecule has 0 heterocycles. The molecule has 0 amide bonds. The molecule has 27 heavy (non-hydrogen) atoms. The molecular formula is C23H19BrO3. The van der Waals surface area contributed by atoms with E-state index in [0.29, 0.717) is 23.7 Å². The first-order valence-corrected chi connectivity index (χ1v) is 9.28. The number of halogens is 1. The highest BCUT2D eigenvalue weighted by atomic mass is 79.9. The summed E-state index contributed by atoms with van der Waals surface area (Å²) in [6, 6.07) is 22.9. The fourth-order valence-corrected chi connectivity index (χ4v) is 3.15. The second kappa shape index (κ2) is 9.19. The molecular weight excluding hydrogens is 404 g/mol. The van der Waals surface area contributed by atoms with Crippen molar-refractivity contribution >= 4 is 27.8 Å². The van der Waals surface area contributed by atoms with Crippen LogP contribution in [0.4, 0.5) is 0 Å². The summed E-state index contributed by atoms with van der Waals surface area (Å²) in [5, 5.41) is 0. The number of rotatable bonds is 7. The zero-order valence-corrected chi connectivity index (χ0v) is 16.5. The minimum Gasteiger partial charge on any atom is -0.493 e. The highest BCUT2D eigenvalue weighted by Crippen LogP contribution is 2.37. The van der Waals surface area contributed by atoms with Gasteiger partial charge in [-0.05, 0) is 45.3 Å². The van der Waals surface area contributed by atoms with E-state index in [1.54, 1.807) is 31.4 Å². The average molecular weight is 423 g/mol.